The molecule has 2 aromatic carbocycles. The number of halogens is 1. The largest absolute Gasteiger partial charge is 0.334 e. The van der Waals surface area contributed by atoms with Crippen LogP contribution < -0.4 is 4.72 Å². The van der Waals surface area contributed by atoms with E-state index < -0.39 is 20.7 Å². The summed E-state index contributed by atoms with van der Waals surface area (Å²) in [5.74, 6) is -1.000. The van der Waals surface area contributed by atoms with Gasteiger partial charge in [0.15, 0.2) is 5.65 Å². The molecule has 8 nitrogen and oxygen atoms in total. The lowest BCUT2D eigenvalue weighted by molar-refractivity contribution is 0.0732. The number of hydrogen-bond donors (Lipinski definition) is 1. The van der Waals surface area contributed by atoms with Gasteiger partial charge in [-0.05, 0) is 43.3 Å². The Morgan fingerprint density at radius 2 is 1.88 bits per heavy atom. The third-order valence-corrected chi connectivity index (χ3v) is 6.98. The molecule has 0 fully saturated rings. The minimum atomic E-state index is -4.08. The van der Waals surface area contributed by atoms with Crippen molar-refractivity contribution in [2.24, 2.45) is 0 Å². The predicted molar refractivity (Wildman–Crippen MR) is 120 cm³/mol. The van der Waals surface area contributed by atoms with E-state index in [9.17, 15) is 17.6 Å². The fourth-order valence-corrected chi connectivity index (χ4v) is 5.10. The third-order valence-electron chi connectivity index (χ3n) is 5.57. The number of amides is 1. The van der Waals surface area contributed by atoms with E-state index in [-0.39, 0.29) is 11.6 Å². The van der Waals surface area contributed by atoms with Crippen LogP contribution in [-0.4, -0.2) is 40.4 Å². The first-order valence-corrected chi connectivity index (χ1v) is 11.8. The fourth-order valence-electron chi connectivity index (χ4n) is 3.96. The molecule has 0 saturated heterocycles. The normalized spacial score (nSPS) is 13.7. The molecule has 0 saturated carbocycles. The number of carbonyl (C=O) groups is 1. The van der Waals surface area contributed by atoms with Crippen LogP contribution in [0.25, 0.3) is 5.65 Å². The number of aryl methyl sites for hydroxylation is 1. The van der Waals surface area contributed by atoms with Crippen LogP contribution in [0, 0.1) is 12.7 Å². The lowest BCUT2D eigenvalue weighted by atomic mass is 10.1. The van der Waals surface area contributed by atoms with E-state index in [2.05, 4.69) is 14.8 Å². The molecule has 2 aromatic heterocycles. The zero-order valence-electron chi connectivity index (χ0n) is 17.7. The quantitative estimate of drug-likeness (QED) is 0.499. The van der Waals surface area contributed by atoms with Gasteiger partial charge in [0.1, 0.15) is 10.7 Å². The molecule has 1 N–H and O–H groups in total. The average molecular weight is 466 g/mol. The first-order chi connectivity index (χ1) is 15.8. The average Bonchev–Trinajstić information content (AvgIpc) is 3.19. The zero-order chi connectivity index (χ0) is 23.2. The van der Waals surface area contributed by atoms with Gasteiger partial charge in [-0.3, -0.25) is 9.52 Å². The Hall–Kier alpha value is -3.79. The molecule has 5 rings (SSSR count). The molecular weight excluding hydrogens is 445 g/mol. The number of rotatable bonds is 4. The van der Waals surface area contributed by atoms with Gasteiger partial charge in [0.05, 0.1) is 11.4 Å². The molecule has 168 valence electrons. The Balaban J connectivity index is 1.32. The molecule has 33 heavy (non-hydrogen) atoms. The summed E-state index contributed by atoms with van der Waals surface area (Å²) in [5, 5.41) is 4.49. The van der Waals surface area contributed by atoms with Gasteiger partial charge in [-0.25, -0.2) is 22.3 Å². The van der Waals surface area contributed by atoms with Crippen LogP contribution in [0.2, 0.25) is 0 Å². The topological polar surface area (TPSA) is 96.7 Å². The Bertz CT molecular complexity index is 1480. The van der Waals surface area contributed by atoms with E-state index in [1.54, 1.807) is 23.2 Å². The Labute approximate surface area is 189 Å². The van der Waals surface area contributed by atoms with Crippen LogP contribution in [0.4, 0.5) is 10.1 Å². The molecule has 0 spiro atoms. The maximum absolute atomic E-state index is 13.9. The standard InChI is InChI=1S/C23H20FN5O3S/c1-15-12-22-25-13-17-14-28(11-10-20(17)29(22)26-15)23(30)16-6-8-18(9-7-16)27-33(31,32)21-5-3-2-4-19(21)24/h2-9,12-13,27H,10-11,14H2,1H3. The Kier molecular flexibility index (Phi) is 5.09. The number of anilines is 1. The molecule has 1 amide bonds. The highest BCUT2D eigenvalue weighted by Gasteiger charge is 2.25. The maximum atomic E-state index is 13.9. The molecule has 10 heteroatoms. The summed E-state index contributed by atoms with van der Waals surface area (Å²) in [6.07, 6.45) is 2.44. The SMILES string of the molecule is Cc1cc2ncc3c(n2n1)CCN(C(=O)c1ccc(NS(=O)(=O)c2ccccc2F)cc1)C3. The molecule has 0 radical (unpaired) electrons. The highest BCUT2D eigenvalue weighted by atomic mass is 32.2. The molecule has 1 aliphatic rings. The minimum Gasteiger partial charge on any atom is -0.334 e. The minimum absolute atomic E-state index is 0.166. The van der Waals surface area contributed by atoms with Crippen molar-refractivity contribution in [2.45, 2.75) is 24.8 Å². The van der Waals surface area contributed by atoms with Gasteiger partial charge >= 0.3 is 0 Å². The van der Waals surface area contributed by atoms with Crippen LogP contribution in [0.1, 0.15) is 27.3 Å². The summed E-state index contributed by atoms with van der Waals surface area (Å²) in [6, 6.07) is 13.1. The molecule has 4 aromatic rings. The summed E-state index contributed by atoms with van der Waals surface area (Å²) >= 11 is 0. The van der Waals surface area contributed by atoms with Crippen molar-refractivity contribution in [3.8, 4) is 0 Å². The van der Waals surface area contributed by atoms with Crippen molar-refractivity contribution >= 4 is 27.3 Å². The summed E-state index contributed by atoms with van der Waals surface area (Å²) in [6.45, 7) is 2.86. The second-order valence-corrected chi connectivity index (χ2v) is 9.53. The summed E-state index contributed by atoms with van der Waals surface area (Å²) in [7, 11) is -4.08. The second kappa shape index (κ2) is 7.96. The number of benzene rings is 2. The molecule has 0 unspecified atom stereocenters. The number of carbonyl (C=O) groups excluding carboxylic acids is 1. The van der Waals surface area contributed by atoms with Gasteiger partial charge in [0, 0.05) is 48.6 Å². The summed E-state index contributed by atoms with van der Waals surface area (Å²) in [4.78, 5) is 18.8. The predicted octanol–water partition coefficient (Wildman–Crippen LogP) is 3.18. The smallest absolute Gasteiger partial charge is 0.264 e. The number of aromatic nitrogens is 3. The molecule has 0 atom stereocenters. The third kappa shape index (κ3) is 3.93. The second-order valence-electron chi connectivity index (χ2n) is 7.88. The van der Waals surface area contributed by atoms with Crippen LogP contribution in [-0.2, 0) is 23.0 Å². The van der Waals surface area contributed by atoms with Crippen molar-refractivity contribution in [2.75, 3.05) is 11.3 Å². The van der Waals surface area contributed by atoms with Crippen molar-refractivity contribution in [3.05, 3.63) is 89.1 Å². The highest BCUT2D eigenvalue weighted by molar-refractivity contribution is 7.92. The molecule has 0 bridgehead atoms. The van der Waals surface area contributed by atoms with Gasteiger partial charge in [-0.15, -0.1) is 0 Å². The lowest BCUT2D eigenvalue weighted by Crippen LogP contribution is -2.37. The van der Waals surface area contributed by atoms with Gasteiger partial charge in [0.25, 0.3) is 15.9 Å². The summed E-state index contributed by atoms with van der Waals surface area (Å²) in [5.41, 5.74) is 4.34. The van der Waals surface area contributed by atoms with E-state index in [0.29, 0.717) is 25.1 Å². The van der Waals surface area contributed by atoms with E-state index in [0.717, 1.165) is 28.7 Å². The van der Waals surface area contributed by atoms with Crippen molar-refractivity contribution in [1.82, 2.24) is 19.5 Å². The Morgan fingerprint density at radius 1 is 1.12 bits per heavy atom. The van der Waals surface area contributed by atoms with Crippen LogP contribution in [0.5, 0.6) is 0 Å². The van der Waals surface area contributed by atoms with Crippen LogP contribution in [0.3, 0.4) is 0 Å². The van der Waals surface area contributed by atoms with E-state index in [1.807, 2.05) is 17.5 Å². The van der Waals surface area contributed by atoms with Crippen molar-refractivity contribution in [1.29, 1.82) is 0 Å². The lowest BCUT2D eigenvalue weighted by Gasteiger charge is -2.29. The number of nitrogens with zero attached hydrogens (tertiary/aromatic N) is 4. The Morgan fingerprint density at radius 3 is 2.64 bits per heavy atom. The van der Waals surface area contributed by atoms with Gasteiger partial charge in [0.2, 0.25) is 0 Å². The van der Waals surface area contributed by atoms with Crippen molar-refractivity contribution in [3.63, 3.8) is 0 Å². The number of nitrogens with one attached hydrogen (secondary N) is 1. The van der Waals surface area contributed by atoms with Gasteiger partial charge in [-0.1, -0.05) is 12.1 Å². The fraction of sp³-hybridized carbons (Fsp3) is 0.174. The summed E-state index contributed by atoms with van der Waals surface area (Å²) < 4.78 is 43.0. The maximum Gasteiger partial charge on any atom is 0.264 e. The van der Waals surface area contributed by atoms with E-state index in [4.69, 9.17) is 0 Å². The number of sulfonamides is 1. The zero-order valence-corrected chi connectivity index (χ0v) is 18.5. The van der Waals surface area contributed by atoms with Crippen molar-refractivity contribution < 1.29 is 17.6 Å². The monoisotopic (exact) mass is 465 g/mol. The van der Waals surface area contributed by atoms with Crippen LogP contribution in [0.15, 0.2) is 65.7 Å². The van der Waals surface area contributed by atoms with Crippen LogP contribution >= 0.6 is 0 Å². The molecule has 3 heterocycles. The van der Waals surface area contributed by atoms with E-state index >= 15 is 0 Å². The molecule has 0 aliphatic carbocycles. The first kappa shape index (κ1) is 21.1. The molecular formula is C23H20FN5O3S. The van der Waals surface area contributed by atoms with E-state index in [1.165, 1.54) is 30.3 Å². The number of fused-ring (bicyclic) bond motifs is 3. The number of hydrogen-bond acceptors (Lipinski definition) is 5. The highest BCUT2D eigenvalue weighted by Crippen LogP contribution is 2.23. The van der Waals surface area contributed by atoms with Gasteiger partial charge < -0.3 is 4.90 Å². The van der Waals surface area contributed by atoms with Gasteiger partial charge in [-0.2, -0.15) is 5.10 Å². The molecule has 1 aliphatic heterocycles. The first-order valence-electron chi connectivity index (χ1n) is 10.3.